The van der Waals surface area contributed by atoms with Gasteiger partial charge >= 0.3 is 0 Å². The second kappa shape index (κ2) is 6.52. The fourth-order valence-corrected chi connectivity index (χ4v) is 3.32. The molecule has 0 saturated heterocycles. The minimum atomic E-state index is -3.84. The highest BCUT2D eigenvalue weighted by atomic mass is 32.2. The number of hydrogen-bond donors (Lipinski definition) is 1. The molecule has 0 fully saturated rings. The summed E-state index contributed by atoms with van der Waals surface area (Å²) in [4.78, 5) is 12.2. The van der Waals surface area contributed by atoms with E-state index in [1.165, 1.54) is 48.5 Å². The lowest BCUT2D eigenvalue weighted by Gasteiger charge is -2.03. The minimum absolute atomic E-state index is 0.0814. The van der Waals surface area contributed by atoms with Gasteiger partial charge in [-0.2, -0.15) is 0 Å². The molecule has 1 heterocycles. The van der Waals surface area contributed by atoms with Gasteiger partial charge in [-0.25, -0.2) is 12.8 Å². The fraction of sp³-hybridized carbons (Fsp3) is 0.0556. The number of rotatable bonds is 4. The largest absolute Gasteiger partial charge is 0.439 e. The molecule has 5 nitrogen and oxygen atoms in total. The minimum Gasteiger partial charge on any atom is -0.439 e. The maximum absolute atomic E-state index is 12.9. The smallest absolute Gasteiger partial charge is 0.291 e. The highest BCUT2D eigenvalue weighted by molar-refractivity contribution is 7.91. The zero-order valence-corrected chi connectivity index (χ0v) is 14.0. The Morgan fingerprint density at radius 3 is 2.24 bits per heavy atom. The van der Waals surface area contributed by atoms with Gasteiger partial charge in [0, 0.05) is 5.69 Å². The number of sulfone groups is 1. The molecule has 3 rings (SSSR count). The second-order valence-electron chi connectivity index (χ2n) is 5.40. The van der Waals surface area contributed by atoms with Crippen molar-refractivity contribution in [2.24, 2.45) is 0 Å². The monoisotopic (exact) mass is 359 g/mol. The van der Waals surface area contributed by atoms with Gasteiger partial charge < -0.3 is 9.73 Å². The van der Waals surface area contributed by atoms with Gasteiger partial charge in [0.2, 0.25) is 14.9 Å². The molecule has 0 radical (unpaired) electrons. The van der Waals surface area contributed by atoms with E-state index in [1.54, 1.807) is 12.1 Å². The van der Waals surface area contributed by atoms with E-state index in [9.17, 15) is 17.6 Å². The van der Waals surface area contributed by atoms with Crippen molar-refractivity contribution in [2.45, 2.75) is 16.9 Å². The molecule has 7 heteroatoms. The fourth-order valence-electron chi connectivity index (χ4n) is 2.15. The quantitative estimate of drug-likeness (QED) is 0.768. The molecule has 0 bridgehead atoms. The summed E-state index contributed by atoms with van der Waals surface area (Å²) in [6, 6.07) is 14.0. The molecule has 0 aliphatic carbocycles. The summed E-state index contributed by atoms with van der Waals surface area (Å²) in [7, 11) is -3.84. The van der Waals surface area contributed by atoms with Gasteiger partial charge in [0.1, 0.15) is 5.82 Å². The first-order chi connectivity index (χ1) is 11.9. The number of furan rings is 1. The first kappa shape index (κ1) is 16.9. The predicted octanol–water partition coefficient (Wildman–Crippen LogP) is 3.81. The number of benzene rings is 2. The Bertz CT molecular complexity index is 1010. The van der Waals surface area contributed by atoms with Crippen molar-refractivity contribution in [1.82, 2.24) is 0 Å². The van der Waals surface area contributed by atoms with E-state index in [0.29, 0.717) is 5.69 Å². The van der Waals surface area contributed by atoms with Crippen LogP contribution in [0, 0.1) is 12.7 Å². The van der Waals surface area contributed by atoms with Gasteiger partial charge in [-0.3, -0.25) is 4.79 Å². The molecule has 25 heavy (non-hydrogen) atoms. The number of carbonyl (C=O) groups is 1. The van der Waals surface area contributed by atoms with Crippen LogP contribution in [0.15, 0.2) is 75.1 Å². The van der Waals surface area contributed by atoms with Crippen LogP contribution in [-0.2, 0) is 9.84 Å². The second-order valence-corrected chi connectivity index (χ2v) is 7.28. The third kappa shape index (κ3) is 3.61. The molecular formula is C18H14FNO4S. The molecule has 1 aromatic heterocycles. The van der Waals surface area contributed by atoms with Gasteiger partial charge in [0.25, 0.3) is 5.91 Å². The van der Waals surface area contributed by atoms with E-state index in [0.717, 1.165) is 5.56 Å². The molecule has 128 valence electrons. The van der Waals surface area contributed by atoms with Crippen molar-refractivity contribution in [3.63, 3.8) is 0 Å². The van der Waals surface area contributed by atoms with Crippen LogP contribution in [0.2, 0.25) is 0 Å². The van der Waals surface area contributed by atoms with E-state index in [1.807, 2.05) is 6.92 Å². The van der Waals surface area contributed by atoms with Crippen LogP contribution in [0.25, 0.3) is 0 Å². The Balaban J connectivity index is 1.82. The van der Waals surface area contributed by atoms with Crippen molar-refractivity contribution < 1.29 is 22.0 Å². The van der Waals surface area contributed by atoms with Crippen molar-refractivity contribution in [3.8, 4) is 0 Å². The molecule has 2 aromatic carbocycles. The molecule has 0 unspecified atom stereocenters. The van der Waals surface area contributed by atoms with Crippen molar-refractivity contribution in [2.75, 3.05) is 5.32 Å². The average Bonchev–Trinajstić information content (AvgIpc) is 3.08. The molecule has 0 aliphatic heterocycles. The number of hydrogen-bond acceptors (Lipinski definition) is 4. The van der Waals surface area contributed by atoms with Crippen LogP contribution in [0.5, 0.6) is 0 Å². The molecule has 0 atom stereocenters. The summed E-state index contributed by atoms with van der Waals surface area (Å²) >= 11 is 0. The maximum Gasteiger partial charge on any atom is 0.291 e. The van der Waals surface area contributed by atoms with Crippen molar-refractivity contribution >= 4 is 21.4 Å². The number of carbonyl (C=O) groups excluding carboxylic acids is 1. The Hall–Kier alpha value is -2.93. The van der Waals surface area contributed by atoms with Gasteiger partial charge in [0.05, 0.1) is 4.90 Å². The van der Waals surface area contributed by atoms with Crippen LogP contribution in [0.4, 0.5) is 10.1 Å². The maximum atomic E-state index is 12.9. The van der Waals surface area contributed by atoms with Gasteiger partial charge in [-0.1, -0.05) is 17.7 Å². The van der Waals surface area contributed by atoms with E-state index < -0.39 is 21.6 Å². The topological polar surface area (TPSA) is 76.4 Å². The van der Waals surface area contributed by atoms with Gasteiger partial charge in [-0.05, 0) is 55.5 Å². The van der Waals surface area contributed by atoms with E-state index >= 15 is 0 Å². The zero-order chi connectivity index (χ0) is 18.0. The van der Waals surface area contributed by atoms with E-state index in [4.69, 9.17) is 4.42 Å². The molecule has 1 N–H and O–H groups in total. The number of aryl methyl sites for hydroxylation is 1. The first-order valence-corrected chi connectivity index (χ1v) is 8.83. The van der Waals surface area contributed by atoms with Crippen LogP contribution in [0.1, 0.15) is 16.1 Å². The summed E-state index contributed by atoms with van der Waals surface area (Å²) < 4.78 is 43.1. The van der Waals surface area contributed by atoms with Crippen LogP contribution >= 0.6 is 0 Å². The molecule has 0 aliphatic rings. The lowest BCUT2D eigenvalue weighted by molar-refractivity contribution is 0.0991. The third-order valence-electron chi connectivity index (χ3n) is 3.50. The van der Waals surface area contributed by atoms with E-state index in [-0.39, 0.29) is 15.7 Å². The molecule has 1 amide bonds. The lowest BCUT2D eigenvalue weighted by Crippen LogP contribution is -2.11. The SMILES string of the molecule is Cc1ccc(S(=O)(=O)c2ccc(C(=O)Nc3ccc(F)cc3)o2)cc1. The first-order valence-electron chi connectivity index (χ1n) is 7.35. The van der Waals surface area contributed by atoms with Crippen molar-refractivity contribution in [3.05, 3.63) is 77.8 Å². The summed E-state index contributed by atoms with van der Waals surface area (Å²) in [5, 5.41) is 2.18. The zero-order valence-electron chi connectivity index (χ0n) is 13.2. The number of amides is 1. The summed E-state index contributed by atoms with van der Waals surface area (Å²) in [5.41, 5.74) is 1.29. The van der Waals surface area contributed by atoms with Crippen LogP contribution in [0.3, 0.4) is 0 Å². The highest BCUT2D eigenvalue weighted by Gasteiger charge is 2.23. The molecular weight excluding hydrogens is 345 g/mol. The number of halogens is 1. The Kier molecular flexibility index (Phi) is 4.41. The van der Waals surface area contributed by atoms with Crippen molar-refractivity contribution in [1.29, 1.82) is 0 Å². The molecule has 0 spiro atoms. The molecule has 3 aromatic rings. The predicted molar refractivity (Wildman–Crippen MR) is 89.7 cm³/mol. The summed E-state index contributed by atoms with van der Waals surface area (Å²) in [5.74, 6) is -1.21. The molecule has 0 saturated carbocycles. The number of nitrogens with one attached hydrogen (secondary N) is 1. The van der Waals surface area contributed by atoms with Crippen LogP contribution in [-0.4, -0.2) is 14.3 Å². The Morgan fingerprint density at radius 1 is 0.960 bits per heavy atom. The third-order valence-corrected chi connectivity index (χ3v) is 5.15. The van der Waals surface area contributed by atoms with Gasteiger partial charge in [0.15, 0.2) is 5.76 Å². The highest BCUT2D eigenvalue weighted by Crippen LogP contribution is 2.23. The van der Waals surface area contributed by atoms with Gasteiger partial charge in [-0.15, -0.1) is 0 Å². The average molecular weight is 359 g/mol. The lowest BCUT2D eigenvalue weighted by atomic mass is 10.2. The Morgan fingerprint density at radius 2 is 1.60 bits per heavy atom. The standard InChI is InChI=1S/C18H14FNO4S/c1-12-2-8-15(9-3-12)25(22,23)17-11-10-16(24-17)18(21)20-14-6-4-13(19)5-7-14/h2-11H,1H3,(H,20,21). The number of anilines is 1. The Labute approximate surface area is 144 Å². The van der Waals surface area contributed by atoms with E-state index in [2.05, 4.69) is 5.32 Å². The summed E-state index contributed by atoms with van der Waals surface area (Å²) in [6.45, 7) is 1.85. The normalized spacial score (nSPS) is 11.3. The van der Waals surface area contributed by atoms with Crippen LogP contribution < -0.4 is 5.32 Å². The summed E-state index contributed by atoms with van der Waals surface area (Å²) in [6.07, 6.45) is 0.